The van der Waals surface area contributed by atoms with Gasteiger partial charge in [-0.1, -0.05) is 12.1 Å². The number of nitrogens with one attached hydrogen (secondary N) is 1. The molecule has 0 bridgehead atoms. The highest BCUT2D eigenvalue weighted by molar-refractivity contribution is 6.11. The van der Waals surface area contributed by atoms with Crippen LogP contribution >= 0.6 is 0 Å². The number of amides is 1. The van der Waals surface area contributed by atoms with Crippen LogP contribution in [0.3, 0.4) is 0 Å². The zero-order chi connectivity index (χ0) is 12.4. The van der Waals surface area contributed by atoms with E-state index in [2.05, 4.69) is 5.32 Å². The first-order valence-corrected chi connectivity index (χ1v) is 5.23. The summed E-state index contributed by atoms with van der Waals surface area (Å²) in [7, 11) is 0. The van der Waals surface area contributed by atoms with Gasteiger partial charge in [-0.15, -0.1) is 0 Å². The van der Waals surface area contributed by atoms with E-state index in [-0.39, 0.29) is 24.5 Å². The number of hydrogen-bond acceptors (Lipinski definition) is 3. The van der Waals surface area contributed by atoms with Gasteiger partial charge in [-0.25, -0.2) is 0 Å². The molecule has 0 aliphatic carbocycles. The lowest BCUT2D eigenvalue weighted by Crippen LogP contribution is -2.20. The standard InChI is InChI=1S/C12H11NO4/c14-10-5-7(6-11(15)16)12(17)8-3-1-2-4-9(8)13-10/h1-4,7H,5-6H2,(H,13,14)(H,15,16). The Morgan fingerprint density at radius 3 is 2.76 bits per heavy atom. The maximum absolute atomic E-state index is 12.1. The number of anilines is 1. The number of fused-ring (bicyclic) bond motifs is 1. The van der Waals surface area contributed by atoms with Crippen molar-refractivity contribution in [2.75, 3.05) is 5.32 Å². The highest BCUT2D eigenvalue weighted by atomic mass is 16.4. The number of carboxylic acids is 1. The Morgan fingerprint density at radius 1 is 1.35 bits per heavy atom. The lowest BCUT2D eigenvalue weighted by atomic mass is 9.92. The van der Waals surface area contributed by atoms with Crippen molar-refractivity contribution < 1.29 is 19.5 Å². The molecular formula is C12H11NO4. The summed E-state index contributed by atoms with van der Waals surface area (Å²) in [5, 5.41) is 11.3. The Kier molecular flexibility index (Phi) is 2.91. The van der Waals surface area contributed by atoms with E-state index in [0.717, 1.165) is 0 Å². The Balaban J connectivity index is 2.39. The molecule has 0 fully saturated rings. The zero-order valence-electron chi connectivity index (χ0n) is 8.97. The highest BCUT2D eigenvalue weighted by Crippen LogP contribution is 2.26. The van der Waals surface area contributed by atoms with Crippen LogP contribution in [0.2, 0.25) is 0 Å². The van der Waals surface area contributed by atoms with Crippen LogP contribution in [-0.4, -0.2) is 22.8 Å². The maximum atomic E-state index is 12.1. The second kappa shape index (κ2) is 4.37. The minimum absolute atomic E-state index is 0.0835. The topological polar surface area (TPSA) is 83.5 Å². The van der Waals surface area contributed by atoms with Gasteiger partial charge in [0.1, 0.15) is 0 Å². The van der Waals surface area contributed by atoms with E-state index in [4.69, 9.17) is 5.11 Å². The molecule has 1 aromatic carbocycles. The van der Waals surface area contributed by atoms with Crippen LogP contribution < -0.4 is 5.32 Å². The summed E-state index contributed by atoms with van der Waals surface area (Å²) in [5.74, 6) is -2.47. The summed E-state index contributed by atoms with van der Waals surface area (Å²) in [6.07, 6.45) is -0.402. The summed E-state index contributed by atoms with van der Waals surface area (Å²) >= 11 is 0. The molecule has 1 aromatic rings. The monoisotopic (exact) mass is 233 g/mol. The predicted molar refractivity (Wildman–Crippen MR) is 59.8 cm³/mol. The third kappa shape index (κ3) is 2.33. The summed E-state index contributed by atoms with van der Waals surface area (Å²) in [6, 6.07) is 6.63. The average Bonchev–Trinajstić information content (AvgIpc) is 2.37. The van der Waals surface area contributed by atoms with Crippen molar-refractivity contribution in [1.29, 1.82) is 0 Å². The lowest BCUT2D eigenvalue weighted by molar-refractivity contribution is -0.137. The molecule has 0 spiro atoms. The molecule has 1 heterocycles. The van der Waals surface area contributed by atoms with E-state index in [1.165, 1.54) is 0 Å². The van der Waals surface area contributed by atoms with Gasteiger partial charge >= 0.3 is 5.97 Å². The van der Waals surface area contributed by atoms with Crippen LogP contribution in [0.1, 0.15) is 23.2 Å². The number of para-hydroxylation sites is 1. The zero-order valence-corrected chi connectivity index (χ0v) is 8.97. The minimum atomic E-state index is -1.07. The molecule has 5 heteroatoms. The summed E-state index contributed by atoms with van der Waals surface area (Å²) < 4.78 is 0. The van der Waals surface area contributed by atoms with Gasteiger partial charge in [0.2, 0.25) is 5.91 Å². The van der Waals surface area contributed by atoms with Gasteiger partial charge in [0.05, 0.1) is 12.1 Å². The summed E-state index contributed by atoms with van der Waals surface area (Å²) in [6.45, 7) is 0. The molecule has 0 saturated heterocycles. The van der Waals surface area contributed by atoms with Crippen LogP contribution in [-0.2, 0) is 9.59 Å². The molecule has 1 atom stereocenters. The highest BCUT2D eigenvalue weighted by Gasteiger charge is 2.30. The van der Waals surface area contributed by atoms with E-state index < -0.39 is 11.9 Å². The fourth-order valence-electron chi connectivity index (χ4n) is 1.92. The Hall–Kier alpha value is -2.17. The van der Waals surface area contributed by atoms with Crippen molar-refractivity contribution in [3.05, 3.63) is 29.8 Å². The van der Waals surface area contributed by atoms with E-state index >= 15 is 0 Å². The number of ketones is 1. The smallest absolute Gasteiger partial charge is 0.304 e. The van der Waals surface area contributed by atoms with Gasteiger partial charge in [0, 0.05) is 17.9 Å². The van der Waals surface area contributed by atoms with Crippen molar-refractivity contribution in [2.24, 2.45) is 5.92 Å². The molecule has 0 aromatic heterocycles. The second-order valence-electron chi connectivity index (χ2n) is 3.96. The predicted octanol–water partition coefficient (Wildman–Crippen LogP) is 1.30. The number of benzene rings is 1. The molecule has 0 saturated carbocycles. The summed E-state index contributed by atoms with van der Waals surface area (Å²) in [4.78, 5) is 34.2. The van der Waals surface area contributed by atoms with Gasteiger partial charge in [-0.2, -0.15) is 0 Å². The fraction of sp³-hybridized carbons (Fsp3) is 0.250. The number of hydrogen-bond donors (Lipinski definition) is 2. The molecule has 2 rings (SSSR count). The van der Waals surface area contributed by atoms with Crippen LogP contribution in [0.5, 0.6) is 0 Å². The van der Waals surface area contributed by atoms with Crippen molar-refractivity contribution in [1.82, 2.24) is 0 Å². The molecule has 1 aliphatic rings. The molecule has 1 amide bonds. The quantitative estimate of drug-likeness (QED) is 0.806. The molecular weight excluding hydrogens is 222 g/mol. The number of Topliss-reactive ketones (excluding diaryl/α,β-unsaturated/α-hetero) is 1. The number of carbonyl (C=O) groups excluding carboxylic acids is 2. The van der Waals surface area contributed by atoms with Gasteiger partial charge in [0.15, 0.2) is 5.78 Å². The number of aliphatic carboxylic acids is 1. The van der Waals surface area contributed by atoms with E-state index in [9.17, 15) is 14.4 Å². The Labute approximate surface area is 97.4 Å². The third-order valence-corrected chi connectivity index (χ3v) is 2.69. The molecule has 2 N–H and O–H groups in total. The van der Waals surface area contributed by atoms with E-state index in [0.29, 0.717) is 11.3 Å². The van der Waals surface area contributed by atoms with Crippen LogP contribution in [0.4, 0.5) is 5.69 Å². The molecule has 1 unspecified atom stereocenters. The molecule has 0 radical (unpaired) electrons. The van der Waals surface area contributed by atoms with Gasteiger partial charge in [-0.3, -0.25) is 14.4 Å². The van der Waals surface area contributed by atoms with E-state index in [1.54, 1.807) is 24.3 Å². The van der Waals surface area contributed by atoms with Gasteiger partial charge in [-0.05, 0) is 12.1 Å². The average molecular weight is 233 g/mol. The molecule has 17 heavy (non-hydrogen) atoms. The molecule has 88 valence electrons. The maximum Gasteiger partial charge on any atom is 0.304 e. The molecule has 1 aliphatic heterocycles. The normalized spacial score (nSPS) is 19.2. The van der Waals surface area contributed by atoms with Crippen molar-refractivity contribution >= 4 is 23.3 Å². The van der Waals surface area contributed by atoms with Crippen molar-refractivity contribution in [2.45, 2.75) is 12.8 Å². The Bertz CT molecular complexity index is 495. The number of rotatable bonds is 2. The van der Waals surface area contributed by atoms with Gasteiger partial charge < -0.3 is 10.4 Å². The van der Waals surface area contributed by atoms with Crippen LogP contribution in [0, 0.1) is 5.92 Å². The van der Waals surface area contributed by atoms with Gasteiger partial charge in [0.25, 0.3) is 0 Å². The van der Waals surface area contributed by atoms with E-state index in [1.807, 2.05) is 0 Å². The largest absolute Gasteiger partial charge is 0.481 e. The number of carboxylic acid groups (broad SMARTS) is 1. The first-order valence-electron chi connectivity index (χ1n) is 5.23. The minimum Gasteiger partial charge on any atom is -0.481 e. The first-order chi connectivity index (χ1) is 8.08. The third-order valence-electron chi connectivity index (χ3n) is 2.69. The van der Waals surface area contributed by atoms with Crippen LogP contribution in [0.25, 0.3) is 0 Å². The fourth-order valence-corrected chi connectivity index (χ4v) is 1.92. The first kappa shape index (κ1) is 11.3. The number of carbonyl (C=O) groups is 3. The second-order valence-corrected chi connectivity index (χ2v) is 3.96. The van der Waals surface area contributed by atoms with Crippen LogP contribution in [0.15, 0.2) is 24.3 Å². The molecule has 5 nitrogen and oxygen atoms in total. The van der Waals surface area contributed by atoms with Crippen molar-refractivity contribution in [3.63, 3.8) is 0 Å². The SMILES string of the molecule is O=C(O)CC1CC(=O)Nc2ccccc2C1=O. The summed E-state index contributed by atoms with van der Waals surface area (Å²) in [5.41, 5.74) is 0.833. The van der Waals surface area contributed by atoms with Crippen molar-refractivity contribution in [3.8, 4) is 0 Å². The Morgan fingerprint density at radius 2 is 2.06 bits per heavy atom. The lowest BCUT2D eigenvalue weighted by Gasteiger charge is -2.08.